The zero-order valence-electron chi connectivity index (χ0n) is 15.6. The second kappa shape index (κ2) is 6.90. The first-order chi connectivity index (χ1) is 13.1. The van der Waals surface area contributed by atoms with Crippen LogP contribution in [0.5, 0.6) is 5.75 Å². The molecular formula is C20H21N3O4. The van der Waals surface area contributed by atoms with Crippen LogP contribution in [0.4, 0.5) is 0 Å². The highest BCUT2D eigenvalue weighted by Gasteiger charge is 2.34. The van der Waals surface area contributed by atoms with Gasteiger partial charge in [-0.1, -0.05) is 24.2 Å². The van der Waals surface area contributed by atoms with Crippen molar-refractivity contribution >= 4 is 5.97 Å². The minimum absolute atomic E-state index is 0.0856. The van der Waals surface area contributed by atoms with E-state index in [1.54, 1.807) is 14.0 Å². The Morgan fingerprint density at radius 1 is 1.33 bits per heavy atom. The van der Waals surface area contributed by atoms with Crippen LogP contribution in [0.2, 0.25) is 0 Å². The number of fused-ring (bicyclic) bond motifs is 3. The van der Waals surface area contributed by atoms with Gasteiger partial charge in [-0.05, 0) is 37.0 Å². The first kappa shape index (κ1) is 17.3. The van der Waals surface area contributed by atoms with Gasteiger partial charge in [0.05, 0.1) is 31.5 Å². The average molecular weight is 367 g/mol. The third-order valence-corrected chi connectivity index (χ3v) is 4.78. The third-order valence-electron chi connectivity index (χ3n) is 4.78. The second-order valence-electron chi connectivity index (χ2n) is 6.63. The van der Waals surface area contributed by atoms with Gasteiger partial charge in [0.2, 0.25) is 0 Å². The van der Waals surface area contributed by atoms with Gasteiger partial charge in [0.1, 0.15) is 5.75 Å². The highest BCUT2D eigenvalue weighted by Crippen LogP contribution is 2.41. The summed E-state index contributed by atoms with van der Waals surface area (Å²) in [5.74, 6) is 1.09. The van der Waals surface area contributed by atoms with Gasteiger partial charge >= 0.3 is 5.97 Å². The number of carbonyl (C=O) groups is 1. The lowest BCUT2D eigenvalue weighted by Gasteiger charge is -2.16. The van der Waals surface area contributed by atoms with Crippen molar-refractivity contribution < 1.29 is 18.8 Å². The van der Waals surface area contributed by atoms with Gasteiger partial charge in [-0.2, -0.15) is 5.10 Å². The van der Waals surface area contributed by atoms with Gasteiger partial charge in [-0.3, -0.25) is 4.68 Å². The predicted octanol–water partition coefficient (Wildman–Crippen LogP) is 3.43. The van der Waals surface area contributed by atoms with Crippen molar-refractivity contribution in [3.05, 3.63) is 53.0 Å². The maximum Gasteiger partial charge on any atom is 0.360 e. The quantitative estimate of drug-likeness (QED) is 0.643. The maximum absolute atomic E-state index is 12.2. The zero-order valence-corrected chi connectivity index (χ0v) is 15.6. The van der Waals surface area contributed by atoms with Crippen molar-refractivity contribution in [2.24, 2.45) is 0 Å². The summed E-state index contributed by atoms with van der Waals surface area (Å²) < 4.78 is 17.7. The van der Waals surface area contributed by atoms with Gasteiger partial charge in [-0.15, -0.1) is 0 Å². The van der Waals surface area contributed by atoms with Crippen molar-refractivity contribution in [3.63, 3.8) is 0 Å². The molecule has 7 heteroatoms. The van der Waals surface area contributed by atoms with E-state index in [0.717, 1.165) is 34.6 Å². The van der Waals surface area contributed by atoms with Crippen molar-refractivity contribution in [1.29, 1.82) is 0 Å². The number of nitrogens with zero attached hydrogens (tertiary/aromatic N) is 3. The SMILES string of the molecule is CCOC(=O)c1noc2c1C(C)Cc1nn(Cc3ccc(OC)cc3)cc1-2. The van der Waals surface area contributed by atoms with Crippen molar-refractivity contribution in [1.82, 2.24) is 14.9 Å². The third kappa shape index (κ3) is 3.09. The van der Waals surface area contributed by atoms with Crippen LogP contribution in [0.25, 0.3) is 11.3 Å². The topological polar surface area (TPSA) is 79.4 Å². The Morgan fingerprint density at radius 2 is 2.11 bits per heavy atom. The van der Waals surface area contributed by atoms with E-state index in [1.165, 1.54) is 0 Å². The van der Waals surface area contributed by atoms with Crippen molar-refractivity contribution in [2.75, 3.05) is 13.7 Å². The minimum Gasteiger partial charge on any atom is -0.497 e. The van der Waals surface area contributed by atoms with Crippen molar-refractivity contribution in [2.45, 2.75) is 32.7 Å². The largest absolute Gasteiger partial charge is 0.497 e. The zero-order chi connectivity index (χ0) is 19.0. The van der Waals surface area contributed by atoms with Gasteiger partial charge in [0, 0.05) is 11.8 Å². The Labute approximate surface area is 156 Å². The number of ether oxygens (including phenoxy) is 2. The van der Waals surface area contributed by atoms with Crippen LogP contribution in [0.15, 0.2) is 35.0 Å². The molecule has 27 heavy (non-hydrogen) atoms. The molecule has 0 saturated heterocycles. The number of hydrogen-bond donors (Lipinski definition) is 0. The summed E-state index contributed by atoms with van der Waals surface area (Å²) in [6.07, 6.45) is 2.68. The summed E-state index contributed by atoms with van der Waals surface area (Å²) in [6.45, 7) is 4.76. The fourth-order valence-corrected chi connectivity index (χ4v) is 3.49. The van der Waals surface area contributed by atoms with Gasteiger partial charge < -0.3 is 14.0 Å². The molecule has 0 saturated carbocycles. The number of esters is 1. The maximum atomic E-state index is 12.2. The number of aromatic nitrogens is 3. The molecule has 0 fully saturated rings. The molecule has 0 bridgehead atoms. The summed E-state index contributed by atoms with van der Waals surface area (Å²) >= 11 is 0. The Hall–Kier alpha value is -3.09. The fourth-order valence-electron chi connectivity index (χ4n) is 3.49. The molecule has 0 aliphatic heterocycles. The summed E-state index contributed by atoms with van der Waals surface area (Å²) in [5, 5.41) is 8.69. The normalized spacial score (nSPS) is 15.1. The van der Waals surface area contributed by atoms with E-state index in [9.17, 15) is 4.79 Å². The molecule has 4 rings (SSSR count). The molecule has 7 nitrogen and oxygen atoms in total. The molecule has 0 amide bonds. The van der Waals surface area contributed by atoms with Crippen LogP contribution in [0, 0.1) is 0 Å². The monoisotopic (exact) mass is 367 g/mol. The number of rotatable bonds is 5. The van der Waals surface area contributed by atoms with E-state index in [2.05, 4.69) is 5.16 Å². The number of methoxy groups -OCH3 is 1. The molecule has 140 valence electrons. The summed E-state index contributed by atoms with van der Waals surface area (Å²) in [7, 11) is 1.65. The highest BCUT2D eigenvalue weighted by molar-refractivity contribution is 5.91. The van der Waals surface area contributed by atoms with E-state index in [0.29, 0.717) is 18.9 Å². The van der Waals surface area contributed by atoms with Gasteiger partial charge in [0.25, 0.3) is 0 Å². The molecule has 2 aromatic heterocycles. The minimum atomic E-state index is -0.441. The molecule has 1 aliphatic rings. The van der Waals surface area contributed by atoms with Gasteiger partial charge in [0.15, 0.2) is 11.5 Å². The molecule has 2 heterocycles. The lowest BCUT2D eigenvalue weighted by Crippen LogP contribution is -2.13. The molecule has 0 spiro atoms. The second-order valence-corrected chi connectivity index (χ2v) is 6.63. The fraction of sp³-hybridized carbons (Fsp3) is 0.350. The summed E-state index contributed by atoms with van der Waals surface area (Å²) in [6, 6.07) is 7.89. The first-order valence-corrected chi connectivity index (χ1v) is 8.97. The lowest BCUT2D eigenvalue weighted by atomic mass is 9.86. The Bertz CT molecular complexity index is 972. The first-order valence-electron chi connectivity index (χ1n) is 8.97. The average Bonchev–Trinajstić information content (AvgIpc) is 3.27. The molecule has 1 aromatic carbocycles. The van der Waals surface area contributed by atoms with Crippen LogP contribution in [-0.2, 0) is 17.7 Å². The molecule has 1 atom stereocenters. The van der Waals surface area contributed by atoms with Crippen LogP contribution in [0.1, 0.15) is 47.1 Å². The number of carbonyl (C=O) groups excluding carboxylic acids is 1. The van der Waals surface area contributed by atoms with Gasteiger partial charge in [-0.25, -0.2) is 4.79 Å². The number of benzene rings is 1. The van der Waals surface area contributed by atoms with Crippen LogP contribution >= 0.6 is 0 Å². The molecule has 0 radical (unpaired) electrons. The molecule has 1 aliphatic carbocycles. The van der Waals surface area contributed by atoms with Crippen LogP contribution in [-0.4, -0.2) is 34.6 Å². The summed E-state index contributed by atoms with van der Waals surface area (Å²) in [4.78, 5) is 12.2. The Kier molecular flexibility index (Phi) is 4.43. The van der Waals surface area contributed by atoms with Crippen LogP contribution in [0.3, 0.4) is 0 Å². The van der Waals surface area contributed by atoms with E-state index in [1.807, 2.05) is 42.1 Å². The lowest BCUT2D eigenvalue weighted by molar-refractivity contribution is 0.0513. The van der Waals surface area contributed by atoms with E-state index in [4.69, 9.17) is 19.1 Å². The number of hydrogen-bond acceptors (Lipinski definition) is 6. The molecule has 0 N–H and O–H groups in total. The molecule has 1 unspecified atom stereocenters. The van der Waals surface area contributed by atoms with Crippen molar-refractivity contribution in [3.8, 4) is 17.1 Å². The van der Waals surface area contributed by atoms with Crippen LogP contribution < -0.4 is 4.74 Å². The molecule has 3 aromatic rings. The standard InChI is InChI=1S/C20H21N3O4/c1-4-26-20(24)18-17-12(2)9-16-15(19(17)27-22-18)11-23(21-16)10-13-5-7-14(25-3)8-6-13/h5-8,11-12H,4,9-10H2,1-3H3. The van der Waals surface area contributed by atoms with E-state index in [-0.39, 0.29) is 11.6 Å². The van der Waals surface area contributed by atoms with E-state index < -0.39 is 5.97 Å². The van der Waals surface area contributed by atoms with E-state index >= 15 is 0 Å². The smallest absolute Gasteiger partial charge is 0.360 e. The Balaban J connectivity index is 1.65. The highest BCUT2D eigenvalue weighted by atomic mass is 16.5. The summed E-state index contributed by atoms with van der Waals surface area (Å²) in [5.41, 5.74) is 4.04. The predicted molar refractivity (Wildman–Crippen MR) is 97.9 cm³/mol. The Morgan fingerprint density at radius 3 is 2.81 bits per heavy atom. The molecular weight excluding hydrogens is 346 g/mol.